The monoisotopic (exact) mass is 292 g/mol. The molecule has 0 aromatic heterocycles. The maximum absolute atomic E-state index is 11.7. The van der Waals surface area contributed by atoms with Gasteiger partial charge in [-0.2, -0.15) is 0 Å². The lowest BCUT2D eigenvalue weighted by Crippen LogP contribution is -2.48. The summed E-state index contributed by atoms with van der Waals surface area (Å²) in [6, 6.07) is 9.37. The number of hydrogen-bond donors (Lipinski definition) is 1. The predicted molar refractivity (Wildman–Crippen MR) is 76.9 cm³/mol. The molecule has 1 heterocycles. The molecule has 0 bridgehead atoms. The summed E-state index contributed by atoms with van der Waals surface area (Å²) < 4.78 is 10.8. The van der Waals surface area contributed by atoms with Crippen molar-refractivity contribution in [1.82, 2.24) is 10.2 Å². The standard InChI is InChI=1S/C15H20N2O4/c1-17-10-13(21-11-15(17)19)9-16-14(18)7-8-20-12-5-3-2-4-6-12/h2-6,13H,7-11H2,1H3,(H,16,18). The van der Waals surface area contributed by atoms with E-state index in [0.717, 1.165) is 5.75 Å². The van der Waals surface area contributed by atoms with Crippen molar-refractivity contribution in [2.75, 3.05) is 33.4 Å². The Balaban J connectivity index is 1.60. The van der Waals surface area contributed by atoms with Gasteiger partial charge in [0.05, 0.1) is 19.1 Å². The molecule has 1 aromatic carbocycles. The zero-order chi connectivity index (χ0) is 15.1. The van der Waals surface area contributed by atoms with Crippen molar-refractivity contribution in [2.45, 2.75) is 12.5 Å². The Morgan fingerprint density at radius 3 is 2.90 bits per heavy atom. The van der Waals surface area contributed by atoms with E-state index in [2.05, 4.69) is 5.32 Å². The van der Waals surface area contributed by atoms with Crippen LogP contribution in [0.2, 0.25) is 0 Å². The molecule has 1 saturated heterocycles. The van der Waals surface area contributed by atoms with Crippen molar-refractivity contribution in [3.05, 3.63) is 30.3 Å². The van der Waals surface area contributed by atoms with Crippen LogP contribution in [-0.2, 0) is 14.3 Å². The molecule has 6 nitrogen and oxygen atoms in total. The van der Waals surface area contributed by atoms with E-state index in [0.29, 0.717) is 19.7 Å². The van der Waals surface area contributed by atoms with E-state index in [-0.39, 0.29) is 30.9 Å². The first-order chi connectivity index (χ1) is 10.1. The molecule has 21 heavy (non-hydrogen) atoms. The summed E-state index contributed by atoms with van der Waals surface area (Å²) in [7, 11) is 1.73. The van der Waals surface area contributed by atoms with Crippen LogP contribution in [0.25, 0.3) is 0 Å². The normalized spacial score (nSPS) is 18.4. The third-order valence-electron chi connectivity index (χ3n) is 3.21. The number of carbonyl (C=O) groups excluding carboxylic acids is 2. The summed E-state index contributed by atoms with van der Waals surface area (Å²) in [4.78, 5) is 24.6. The summed E-state index contributed by atoms with van der Waals surface area (Å²) in [6.45, 7) is 1.31. The molecular weight excluding hydrogens is 272 g/mol. The van der Waals surface area contributed by atoms with Crippen LogP contribution in [0.4, 0.5) is 0 Å². The Kier molecular flexibility index (Phi) is 5.57. The van der Waals surface area contributed by atoms with Crippen LogP contribution in [0.15, 0.2) is 30.3 Å². The number of benzene rings is 1. The van der Waals surface area contributed by atoms with Gasteiger partial charge < -0.3 is 19.7 Å². The number of rotatable bonds is 6. The van der Waals surface area contributed by atoms with Crippen LogP contribution in [0, 0.1) is 0 Å². The molecule has 1 aliphatic rings. The van der Waals surface area contributed by atoms with Gasteiger partial charge in [0.1, 0.15) is 12.4 Å². The Labute approximate surface area is 124 Å². The van der Waals surface area contributed by atoms with Crippen LogP contribution in [0.5, 0.6) is 5.75 Å². The van der Waals surface area contributed by atoms with Crippen LogP contribution in [-0.4, -0.2) is 56.2 Å². The van der Waals surface area contributed by atoms with E-state index in [1.54, 1.807) is 11.9 Å². The van der Waals surface area contributed by atoms with E-state index in [1.165, 1.54) is 0 Å². The van der Waals surface area contributed by atoms with Crippen molar-refractivity contribution in [3.63, 3.8) is 0 Å². The minimum atomic E-state index is -0.147. The Morgan fingerprint density at radius 2 is 2.19 bits per heavy atom. The Morgan fingerprint density at radius 1 is 1.43 bits per heavy atom. The maximum Gasteiger partial charge on any atom is 0.248 e. The molecule has 0 radical (unpaired) electrons. The minimum Gasteiger partial charge on any atom is -0.493 e. The molecule has 1 fully saturated rings. The average Bonchev–Trinajstić information content (AvgIpc) is 2.49. The number of ether oxygens (including phenoxy) is 2. The van der Waals surface area contributed by atoms with Crippen LogP contribution in [0.3, 0.4) is 0 Å². The number of morpholine rings is 1. The number of amides is 2. The van der Waals surface area contributed by atoms with Gasteiger partial charge in [-0.15, -0.1) is 0 Å². The number of nitrogens with zero attached hydrogens (tertiary/aromatic N) is 1. The second-order valence-corrected chi connectivity index (χ2v) is 4.92. The topological polar surface area (TPSA) is 67.9 Å². The summed E-state index contributed by atoms with van der Waals surface area (Å²) in [5.74, 6) is 0.629. The quantitative estimate of drug-likeness (QED) is 0.825. The fourth-order valence-corrected chi connectivity index (χ4v) is 1.98. The maximum atomic E-state index is 11.7. The number of likely N-dealkylation sites (N-methyl/N-ethyl adjacent to an activating group) is 1. The third kappa shape index (κ3) is 5.07. The lowest BCUT2D eigenvalue weighted by Gasteiger charge is -2.29. The van der Waals surface area contributed by atoms with E-state index in [9.17, 15) is 9.59 Å². The van der Waals surface area contributed by atoms with Gasteiger partial charge in [-0.1, -0.05) is 18.2 Å². The van der Waals surface area contributed by atoms with E-state index < -0.39 is 0 Å². The highest BCUT2D eigenvalue weighted by Crippen LogP contribution is 2.08. The second-order valence-electron chi connectivity index (χ2n) is 4.92. The molecule has 114 valence electrons. The van der Waals surface area contributed by atoms with Gasteiger partial charge in [-0.3, -0.25) is 9.59 Å². The average molecular weight is 292 g/mol. The molecule has 1 aliphatic heterocycles. The summed E-state index contributed by atoms with van der Waals surface area (Å²) >= 11 is 0. The van der Waals surface area contributed by atoms with Gasteiger partial charge in [0.2, 0.25) is 11.8 Å². The number of nitrogens with one attached hydrogen (secondary N) is 1. The fraction of sp³-hybridized carbons (Fsp3) is 0.467. The van der Waals surface area contributed by atoms with Gasteiger partial charge in [-0.25, -0.2) is 0 Å². The van der Waals surface area contributed by atoms with Gasteiger partial charge >= 0.3 is 0 Å². The number of para-hydroxylation sites is 1. The molecule has 1 aromatic rings. The first-order valence-corrected chi connectivity index (χ1v) is 6.95. The Hall–Kier alpha value is -2.08. The van der Waals surface area contributed by atoms with Crippen LogP contribution < -0.4 is 10.1 Å². The Bertz CT molecular complexity index is 478. The number of hydrogen-bond acceptors (Lipinski definition) is 4. The zero-order valence-corrected chi connectivity index (χ0v) is 12.1. The molecule has 0 saturated carbocycles. The second kappa shape index (κ2) is 7.64. The van der Waals surface area contributed by atoms with Crippen molar-refractivity contribution >= 4 is 11.8 Å². The summed E-state index contributed by atoms with van der Waals surface area (Å²) in [6.07, 6.45) is 0.141. The lowest BCUT2D eigenvalue weighted by atomic mass is 10.2. The molecule has 6 heteroatoms. The highest BCUT2D eigenvalue weighted by molar-refractivity contribution is 5.78. The zero-order valence-electron chi connectivity index (χ0n) is 12.1. The molecule has 0 aliphatic carbocycles. The molecule has 1 atom stereocenters. The van der Waals surface area contributed by atoms with Crippen molar-refractivity contribution < 1.29 is 19.1 Å². The van der Waals surface area contributed by atoms with Crippen molar-refractivity contribution in [2.24, 2.45) is 0 Å². The van der Waals surface area contributed by atoms with E-state index >= 15 is 0 Å². The third-order valence-corrected chi connectivity index (χ3v) is 3.21. The highest BCUT2D eigenvalue weighted by atomic mass is 16.5. The highest BCUT2D eigenvalue weighted by Gasteiger charge is 2.23. The minimum absolute atomic E-state index is 0.0335. The van der Waals surface area contributed by atoms with E-state index in [4.69, 9.17) is 9.47 Å². The smallest absolute Gasteiger partial charge is 0.248 e. The summed E-state index contributed by atoms with van der Waals surface area (Å²) in [5.41, 5.74) is 0. The SMILES string of the molecule is CN1CC(CNC(=O)CCOc2ccccc2)OCC1=O. The first-order valence-electron chi connectivity index (χ1n) is 6.95. The van der Waals surface area contributed by atoms with Crippen molar-refractivity contribution in [1.29, 1.82) is 0 Å². The first kappa shape index (κ1) is 15.3. The predicted octanol–water partition coefficient (Wildman–Crippen LogP) is 0.429. The molecule has 1 unspecified atom stereocenters. The number of carbonyl (C=O) groups is 2. The van der Waals surface area contributed by atoms with Gasteiger partial charge in [0.15, 0.2) is 0 Å². The molecular formula is C15H20N2O4. The molecule has 1 N–H and O–H groups in total. The van der Waals surface area contributed by atoms with Gasteiger partial charge in [0.25, 0.3) is 0 Å². The lowest BCUT2D eigenvalue weighted by molar-refractivity contribution is -0.146. The fourth-order valence-electron chi connectivity index (χ4n) is 1.98. The largest absolute Gasteiger partial charge is 0.493 e. The van der Waals surface area contributed by atoms with Gasteiger partial charge in [0, 0.05) is 20.1 Å². The molecule has 2 rings (SSSR count). The summed E-state index contributed by atoms with van der Waals surface area (Å²) in [5, 5.41) is 2.79. The molecule has 2 amide bonds. The molecule has 0 spiro atoms. The van der Waals surface area contributed by atoms with E-state index in [1.807, 2.05) is 30.3 Å². The van der Waals surface area contributed by atoms with Crippen LogP contribution in [0.1, 0.15) is 6.42 Å². The van der Waals surface area contributed by atoms with Gasteiger partial charge in [-0.05, 0) is 12.1 Å². The van der Waals surface area contributed by atoms with Crippen LogP contribution >= 0.6 is 0 Å². The van der Waals surface area contributed by atoms with Crippen molar-refractivity contribution in [3.8, 4) is 5.75 Å².